The largest absolute Gasteiger partial charge is 0.393 e. The first-order chi connectivity index (χ1) is 14.0. The van der Waals surface area contributed by atoms with Crippen LogP contribution in [-0.4, -0.2) is 48.2 Å². The molecule has 0 aliphatic heterocycles. The molecule has 4 rings (SSSR count). The Bertz CT molecular complexity index is 906. The summed E-state index contributed by atoms with van der Waals surface area (Å²) in [5, 5.41) is 15.3. The monoisotopic (exact) mass is 395 g/mol. The number of aromatic nitrogens is 1. The first kappa shape index (κ1) is 19.5. The van der Waals surface area contributed by atoms with Gasteiger partial charge in [-0.1, -0.05) is 30.3 Å². The van der Waals surface area contributed by atoms with E-state index in [1.807, 2.05) is 30.3 Å². The van der Waals surface area contributed by atoms with Gasteiger partial charge in [-0.2, -0.15) is 0 Å². The third kappa shape index (κ3) is 3.88. The molecule has 2 saturated carbocycles. The van der Waals surface area contributed by atoms with Crippen LogP contribution in [0, 0.1) is 11.8 Å². The second-order valence-corrected chi connectivity index (χ2v) is 7.72. The number of nitrogens with one attached hydrogen (secondary N) is 2. The second kappa shape index (κ2) is 7.93. The van der Waals surface area contributed by atoms with Crippen molar-refractivity contribution >= 4 is 11.8 Å². The van der Waals surface area contributed by atoms with Gasteiger partial charge in [0.2, 0.25) is 0 Å². The van der Waals surface area contributed by atoms with E-state index in [1.54, 1.807) is 13.2 Å². The fourth-order valence-electron chi connectivity index (χ4n) is 4.38. The number of pyridine rings is 1. The number of benzene rings is 1. The maximum Gasteiger partial charge on any atom is 0.269 e. The van der Waals surface area contributed by atoms with E-state index in [4.69, 9.17) is 4.74 Å². The summed E-state index contributed by atoms with van der Waals surface area (Å²) in [7, 11) is 3.10. The minimum absolute atomic E-state index is 0.0957. The number of rotatable bonds is 6. The number of hydrogen-bond acceptors (Lipinski definition) is 5. The van der Waals surface area contributed by atoms with Gasteiger partial charge >= 0.3 is 0 Å². The van der Waals surface area contributed by atoms with Gasteiger partial charge in [0.15, 0.2) is 0 Å². The molecule has 5 atom stereocenters. The highest BCUT2D eigenvalue weighted by Crippen LogP contribution is 2.52. The van der Waals surface area contributed by atoms with E-state index < -0.39 is 6.10 Å². The SMILES string of the molecule is CNC(=O)c1cc(C(=O)N[C@H]2[C@@H]3C[C@@H](O)C[C@@H]32)cc([C@H](OC)c2ccccc2)n1. The molecule has 2 fully saturated rings. The molecule has 1 aromatic heterocycles. The highest BCUT2D eigenvalue weighted by molar-refractivity contribution is 5.99. The molecule has 0 bridgehead atoms. The third-order valence-electron chi connectivity index (χ3n) is 5.89. The molecule has 2 aliphatic rings. The van der Waals surface area contributed by atoms with E-state index in [-0.39, 0.29) is 29.7 Å². The summed E-state index contributed by atoms with van der Waals surface area (Å²) in [6.45, 7) is 0. The molecule has 0 saturated heterocycles. The number of carbonyl (C=O) groups excluding carboxylic acids is 2. The molecule has 1 heterocycles. The highest BCUT2D eigenvalue weighted by Gasteiger charge is 2.56. The normalized spacial score (nSPS) is 25.8. The Morgan fingerprint density at radius 2 is 1.83 bits per heavy atom. The van der Waals surface area contributed by atoms with Crippen LogP contribution in [0.15, 0.2) is 42.5 Å². The number of aliphatic hydroxyl groups excluding tert-OH is 1. The van der Waals surface area contributed by atoms with Gasteiger partial charge in [-0.05, 0) is 42.4 Å². The molecular weight excluding hydrogens is 370 g/mol. The van der Waals surface area contributed by atoms with Crippen LogP contribution in [0.2, 0.25) is 0 Å². The van der Waals surface area contributed by atoms with E-state index in [0.717, 1.165) is 18.4 Å². The van der Waals surface area contributed by atoms with Crippen molar-refractivity contribution < 1.29 is 19.4 Å². The molecule has 2 amide bonds. The summed E-state index contributed by atoms with van der Waals surface area (Å²) in [5.74, 6) is 0.0975. The molecule has 1 aromatic carbocycles. The minimum atomic E-state index is -0.497. The Labute approximate surface area is 169 Å². The first-order valence-corrected chi connectivity index (χ1v) is 9.82. The fraction of sp³-hybridized carbons (Fsp3) is 0.409. The van der Waals surface area contributed by atoms with Gasteiger partial charge in [0.25, 0.3) is 11.8 Å². The standard InChI is InChI=1S/C22H25N3O4/c1-23-22(28)18-9-13(21(27)25-19-15-10-14(26)11-16(15)19)8-17(24-18)20(29-2)12-6-4-3-5-7-12/h3-9,14-16,19-20,26H,10-11H2,1-2H3,(H,23,28)(H,25,27)/t14-,15-,16+,19+,20-/m1/s1. The zero-order valence-electron chi connectivity index (χ0n) is 16.5. The Balaban J connectivity index is 1.62. The van der Waals surface area contributed by atoms with Crippen molar-refractivity contribution in [2.45, 2.75) is 31.1 Å². The molecule has 0 unspecified atom stereocenters. The van der Waals surface area contributed by atoms with Gasteiger partial charge in [-0.25, -0.2) is 4.98 Å². The molecule has 3 N–H and O–H groups in total. The van der Waals surface area contributed by atoms with E-state index >= 15 is 0 Å². The van der Waals surface area contributed by atoms with Gasteiger partial charge in [0.1, 0.15) is 11.8 Å². The van der Waals surface area contributed by atoms with Crippen molar-refractivity contribution in [2.24, 2.45) is 11.8 Å². The van der Waals surface area contributed by atoms with E-state index in [1.165, 1.54) is 13.1 Å². The molecular formula is C22H25N3O4. The van der Waals surface area contributed by atoms with Crippen LogP contribution < -0.4 is 10.6 Å². The molecule has 2 aromatic rings. The van der Waals surface area contributed by atoms with Gasteiger partial charge in [-0.15, -0.1) is 0 Å². The Hall–Kier alpha value is -2.77. The van der Waals surface area contributed by atoms with Crippen LogP contribution in [0.25, 0.3) is 0 Å². The van der Waals surface area contributed by atoms with Crippen molar-refractivity contribution in [3.8, 4) is 0 Å². The number of nitrogens with zero attached hydrogens (tertiary/aromatic N) is 1. The number of ether oxygens (including phenoxy) is 1. The first-order valence-electron chi connectivity index (χ1n) is 9.82. The summed E-state index contributed by atoms with van der Waals surface area (Å²) in [6, 6.07) is 12.8. The summed E-state index contributed by atoms with van der Waals surface area (Å²) in [4.78, 5) is 29.6. The summed E-state index contributed by atoms with van der Waals surface area (Å²) in [6.07, 6.45) is 0.725. The zero-order chi connectivity index (χ0) is 20.5. The summed E-state index contributed by atoms with van der Waals surface area (Å²) in [5.41, 5.74) is 1.92. The molecule has 0 spiro atoms. The molecule has 7 nitrogen and oxygen atoms in total. The van der Waals surface area contributed by atoms with Gasteiger partial charge < -0.3 is 20.5 Å². The zero-order valence-corrected chi connectivity index (χ0v) is 16.5. The van der Waals surface area contributed by atoms with Crippen LogP contribution in [-0.2, 0) is 4.74 Å². The smallest absolute Gasteiger partial charge is 0.269 e. The summed E-state index contributed by atoms with van der Waals surface area (Å²) < 4.78 is 5.64. The second-order valence-electron chi connectivity index (χ2n) is 7.72. The van der Waals surface area contributed by atoms with Crippen molar-refractivity contribution in [3.63, 3.8) is 0 Å². The average Bonchev–Trinajstić information content (AvgIpc) is 3.18. The van der Waals surface area contributed by atoms with Crippen molar-refractivity contribution in [1.82, 2.24) is 15.6 Å². The molecule has 7 heteroatoms. The quantitative estimate of drug-likeness (QED) is 0.691. The topological polar surface area (TPSA) is 101 Å². The fourth-order valence-corrected chi connectivity index (χ4v) is 4.38. The number of aliphatic hydroxyl groups is 1. The van der Waals surface area contributed by atoms with E-state index in [0.29, 0.717) is 23.1 Å². The number of carbonyl (C=O) groups is 2. The predicted octanol–water partition coefficient (Wildman–Crippen LogP) is 1.68. The summed E-state index contributed by atoms with van der Waals surface area (Å²) >= 11 is 0. The van der Waals surface area contributed by atoms with Crippen LogP contribution in [0.3, 0.4) is 0 Å². The number of methoxy groups -OCH3 is 1. The lowest BCUT2D eigenvalue weighted by Crippen LogP contribution is -2.31. The lowest BCUT2D eigenvalue weighted by atomic mass is 10.0. The maximum absolute atomic E-state index is 12.9. The van der Waals surface area contributed by atoms with Crippen molar-refractivity contribution in [2.75, 3.05) is 14.2 Å². The Morgan fingerprint density at radius 1 is 1.14 bits per heavy atom. The lowest BCUT2D eigenvalue weighted by Gasteiger charge is -2.17. The third-order valence-corrected chi connectivity index (χ3v) is 5.89. The number of fused-ring (bicyclic) bond motifs is 1. The Morgan fingerprint density at radius 3 is 2.45 bits per heavy atom. The van der Waals surface area contributed by atoms with Crippen LogP contribution in [0.1, 0.15) is 51.0 Å². The average molecular weight is 395 g/mol. The predicted molar refractivity (Wildman–Crippen MR) is 106 cm³/mol. The van der Waals surface area contributed by atoms with Crippen LogP contribution in [0.5, 0.6) is 0 Å². The molecule has 152 valence electrons. The number of hydrogen-bond donors (Lipinski definition) is 3. The lowest BCUT2D eigenvalue weighted by molar-refractivity contribution is 0.0935. The Kier molecular flexibility index (Phi) is 5.34. The van der Waals surface area contributed by atoms with Crippen molar-refractivity contribution in [3.05, 3.63) is 65.0 Å². The number of amides is 2. The van der Waals surface area contributed by atoms with Crippen LogP contribution in [0.4, 0.5) is 0 Å². The van der Waals surface area contributed by atoms with Crippen molar-refractivity contribution in [1.29, 1.82) is 0 Å². The van der Waals surface area contributed by atoms with Crippen LogP contribution >= 0.6 is 0 Å². The molecule has 2 aliphatic carbocycles. The van der Waals surface area contributed by atoms with Gasteiger partial charge in [-0.3, -0.25) is 9.59 Å². The van der Waals surface area contributed by atoms with Gasteiger partial charge in [0, 0.05) is 25.8 Å². The van der Waals surface area contributed by atoms with Gasteiger partial charge in [0.05, 0.1) is 11.8 Å². The molecule has 0 radical (unpaired) electrons. The van der Waals surface area contributed by atoms with E-state index in [9.17, 15) is 14.7 Å². The highest BCUT2D eigenvalue weighted by atomic mass is 16.5. The minimum Gasteiger partial charge on any atom is -0.393 e. The molecule has 29 heavy (non-hydrogen) atoms. The van der Waals surface area contributed by atoms with E-state index in [2.05, 4.69) is 15.6 Å². The maximum atomic E-state index is 12.9.